The number of halogens is 2. The van der Waals surface area contributed by atoms with Crippen molar-refractivity contribution in [2.24, 2.45) is 0 Å². The van der Waals surface area contributed by atoms with E-state index in [1.807, 2.05) is 4.90 Å². The SMILES string of the molecule is Cc1cn2cc(NC(=O)c3ccc(N4CCNCC4)nc3F)cc(F)c2n1. The van der Waals surface area contributed by atoms with E-state index >= 15 is 0 Å². The summed E-state index contributed by atoms with van der Waals surface area (Å²) in [5.74, 6) is -1.63. The molecule has 1 aliphatic rings. The number of amides is 1. The Bertz CT molecular complexity index is 1010. The summed E-state index contributed by atoms with van der Waals surface area (Å²) < 4.78 is 30.0. The number of piperazine rings is 1. The summed E-state index contributed by atoms with van der Waals surface area (Å²) in [6.45, 7) is 4.79. The van der Waals surface area contributed by atoms with Gasteiger partial charge in [0.15, 0.2) is 11.5 Å². The molecule has 0 aromatic carbocycles. The van der Waals surface area contributed by atoms with Crippen molar-refractivity contribution in [3.63, 3.8) is 0 Å². The van der Waals surface area contributed by atoms with Gasteiger partial charge in [0.25, 0.3) is 5.91 Å². The quantitative estimate of drug-likeness (QED) is 0.688. The number of imidazole rings is 1. The number of aryl methyl sites for hydroxylation is 1. The highest BCUT2D eigenvalue weighted by atomic mass is 19.1. The molecule has 0 spiro atoms. The van der Waals surface area contributed by atoms with Gasteiger partial charge in [-0.1, -0.05) is 0 Å². The number of hydrogen-bond acceptors (Lipinski definition) is 5. The average molecular weight is 372 g/mol. The van der Waals surface area contributed by atoms with E-state index < -0.39 is 17.7 Å². The van der Waals surface area contributed by atoms with E-state index in [2.05, 4.69) is 20.6 Å². The number of aromatic nitrogens is 3. The van der Waals surface area contributed by atoms with Gasteiger partial charge in [-0.3, -0.25) is 4.79 Å². The number of carbonyl (C=O) groups is 1. The third-order valence-corrected chi connectivity index (χ3v) is 4.40. The molecule has 0 radical (unpaired) electrons. The van der Waals surface area contributed by atoms with Crippen LogP contribution in [0, 0.1) is 18.7 Å². The largest absolute Gasteiger partial charge is 0.354 e. The predicted molar refractivity (Wildman–Crippen MR) is 97.1 cm³/mol. The molecule has 3 aromatic heterocycles. The molecule has 1 fully saturated rings. The topological polar surface area (TPSA) is 74.6 Å². The third-order valence-electron chi connectivity index (χ3n) is 4.40. The van der Waals surface area contributed by atoms with Gasteiger partial charge in [0, 0.05) is 44.6 Å². The van der Waals surface area contributed by atoms with Crippen LogP contribution >= 0.6 is 0 Å². The Morgan fingerprint density at radius 1 is 1.19 bits per heavy atom. The lowest BCUT2D eigenvalue weighted by Crippen LogP contribution is -2.44. The molecule has 1 aliphatic heterocycles. The Morgan fingerprint density at radius 3 is 2.70 bits per heavy atom. The van der Waals surface area contributed by atoms with Crippen LogP contribution in [0.15, 0.2) is 30.6 Å². The zero-order chi connectivity index (χ0) is 19.0. The van der Waals surface area contributed by atoms with Gasteiger partial charge in [-0.05, 0) is 19.1 Å². The first-order valence-corrected chi connectivity index (χ1v) is 8.60. The molecule has 27 heavy (non-hydrogen) atoms. The lowest BCUT2D eigenvalue weighted by atomic mass is 10.2. The van der Waals surface area contributed by atoms with Crippen molar-refractivity contribution in [2.45, 2.75) is 6.92 Å². The second kappa shape index (κ2) is 6.92. The molecule has 0 unspecified atom stereocenters. The maximum atomic E-state index is 14.4. The number of pyridine rings is 2. The normalized spacial score (nSPS) is 14.6. The molecule has 9 heteroatoms. The van der Waals surface area contributed by atoms with Crippen LogP contribution in [-0.4, -0.2) is 46.5 Å². The minimum absolute atomic E-state index is 0.165. The average Bonchev–Trinajstić information content (AvgIpc) is 3.03. The molecule has 0 saturated carbocycles. The first-order chi connectivity index (χ1) is 13.0. The summed E-state index contributed by atoms with van der Waals surface area (Å²) >= 11 is 0. The highest BCUT2D eigenvalue weighted by molar-refractivity contribution is 6.04. The first-order valence-electron chi connectivity index (χ1n) is 8.60. The van der Waals surface area contributed by atoms with Gasteiger partial charge >= 0.3 is 0 Å². The highest BCUT2D eigenvalue weighted by Gasteiger charge is 2.18. The van der Waals surface area contributed by atoms with Crippen molar-refractivity contribution in [3.05, 3.63) is 53.6 Å². The number of fused-ring (bicyclic) bond motifs is 1. The maximum absolute atomic E-state index is 14.4. The Balaban J connectivity index is 1.56. The Kier molecular flexibility index (Phi) is 4.44. The molecule has 7 nitrogen and oxygen atoms in total. The van der Waals surface area contributed by atoms with Crippen LogP contribution in [-0.2, 0) is 0 Å². The number of nitrogens with one attached hydrogen (secondary N) is 2. The monoisotopic (exact) mass is 372 g/mol. The van der Waals surface area contributed by atoms with Gasteiger partial charge in [0.2, 0.25) is 5.95 Å². The van der Waals surface area contributed by atoms with Gasteiger partial charge in [-0.25, -0.2) is 14.4 Å². The summed E-state index contributed by atoms with van der Waals surface area (Å²) in [5.41, 5.74) is 0.819. The van der Waals surface area contributed by atoms with Gasteiger partial charge < -0.3 is 19.9 Å². The van der Waals surface area contributed by atoms with Crippen molar-refractivity contribution < 1.29 is 13.6 Å². The second-order valence-electron chi connectivity index (χ2n) is 6.39. The molecule has 1 saturated heterocycles. The van der Waals surface area contributed by atoms with Gasteiger partial charge in [-0.2, -0.15) is 4.39 Å². The van der Waals surface area contributed by atoms with Crippen molar-refractivity contribution >= 4 is 23.1 Å². The lowest BCUT2D eigenvalue weighted by Gasteiger charge is -2.28. The fourth-order valence-electron chi connectivity index (χ4n) is 3.11. The van der Waals surface area contributed by atoms with Crippen LogP contribution in [0.5, 0.6) is 0 Å². The molecule has 140 valence electrons. The molecule has 2 N–H and O–H groups in total. The summed E-state index contributed by atoms with van der Waals surface area (Å²) in [7, 11) is 0. The fraction of sp³-hybridized carbons (Fsp3) is 0.278. The van der Waals surface area contributed by atoms with E-state index in [0.29, 0.717) is 11.5 Å². The summed E-state index contributed by atoms with van der Waals surface area (Å²) in [5, 5.41) is 5.72. The lowest BCUT2D eigenvalue weighted by molar-refractivity contribution is 0.102. The summed E-state index contributed by atoms with van der Waals surface area (Å²) in [6, 6.07) is 4.16. The zero-order valence-corrected chi connectivity index (χ0v) is 14.7. The fourth-order valence-corrected chi connectivity index (χ4v) is 3.11. The predicted octanol–water partition coefficient (Wildman–Crippen LogP) is 1.98. The highest BCUT2D eigenvalue weighted by Crippen LogP contribution is 2.19. The van der Waals surface area contributed by atoms with Gasteiger partial charge in [0.1, 0.15) is 5.82 Å². The van der Waals surface area contributed by atoms with Crippen LogP contribution in [0.2, 0.25) is 0 Å². The number of nitrogens with zero attached hydrogens (tertiary/aromatic N) is 4. The molecule has 4 rings (SSSR count). The standard InChI is InChI=1S/C18H18F2N6O/c1-11-9-26-10-12(8-14(19)17(26)22-11)23-18(27)13-2-3-15(24-16(13)20)25-6-4-21-5-7-25/h2-3,8-10,21H,4-7H2,1H3,(H,23,27). The van der Waals surface area contributed by atoms with Crippen molar-refractivity contribution in [2.75, 3.05) is 36.4 Å². The number of hydrogen-bond donors (Lipinski definition) is 2. The van der Waals surface area contributed by atoms with Crippen LogP contribution in [0.4, 0.5) is 20.3 Å². The Hall–Kier alpha value is -3.07. The summed E-state index contributed by atoms with van der Waals surface area (Å²) in [4.78, 5) is 22.3. The molecule has 0 atom stereocenters. The molecule has 0 bridgehead atoms. The van der Waals surface area contributed by atoms with Crippen molar-refractivity contribution in [3.8, 4) is 0 Å². The van der Waals surface area contributed by atoms with Crippen molar-refractivity contribution in [1.82, 2.24) is 19.7 Å². The summed E-state index contributed by atoms with van der Waals surface area (Å²) in [6.07, 6.45) is 3.16. The minimum atomic E-state index is -0.858. The Morgan fingerprint density at radius 2 is 1.96 bits per heavy atom. The maximum Gasteiger partial charge on any atom is 0.260 e. The van der Waals surface area contributed by atoms with Gasteiger partial charge in [0.05, 0.1) is 16.9 Å². The van der Waals surface area contributed by atoms with Gasteiger partial charge in [-0.15, -0.1) is 0 Å². The Labute approximate surface area is 154 Å². The van der Waals surface area contributed by atoms with Crippen LogP contribution in [0.25, 0.3) is 5.65 Å². The number of carbonyl (C=O) groups excluding carboxylic acids is 1. The molecule has 1 amide bonds. The first kappa shape index (κ1) is 17.3. The number of rotatable bonds is 3. The minimum Gasteiger partial charge on any atom is -0.354 e. The van der Waals surface area contributed by atoms with E-state index in [-0.39, 0.29) is 16.9 Å². The zero-order valence-electron chi connectivity index (χ0n) is 14.7. The smallest absolute Gasteiger partial charge is 0.260 e. The third kappa shape index (κ3) is 3.45. The van der Waals surface area contributed by atoms with Crippen molar-refractivity contribution in [1.29, 1.82) is 0 Å². The molecule has 4 heterocycles. The number of anilines is 2. The van der Waals surface area contributed by atoms with Crippen LogP contribution in [0.1, 0.15) is 16.1 Å². The molecule has 3 aromatic rings. The van der Waals surface area contributed by atoms with E-state index in [1.165, 1.54) is 16.7 Å². The van der Waals surface area contributed by atoms with E-state index in [9.17, 15) is 13.6 Å². The van der Waals surface area contributed by atoms with E-state index in [4.69, 9.17) is 0 Å². The molecule has 0 aliphatic carbocycles. The van der Waals surface area contributed by atoms with E-state index in [0.717, 1.165) is 32.2 Å². The van der Waals surface area contributed by atoms with Crippen LogP contribution in [0.3, 0.4) is 0 Å². The molecular weight excluding hydrogens is 354 g/mol. The van der Waals surface area contributed by atoms with E-state index in [1.54, 1.807) is 19.2 Å². The molecular formula is C18H18F2N6O. The second-order valence-corrected chi connectivity index (χ2v) is 6.39. The van der Waals surface area contributed by atoms with Crippen LogP contribution < -0.4 is 15.5 Å².